The number of carbonyl (C=O) groups is 2. The molecule has 8 nitrogen and oxygen atoms in total. The first-order valence-electron chi connectivity index (χ1n) is 12.1. The fraction of sp³-hybridized carbons (Fsp3) is 0.286. The number of benzene rings is 3. The molecule has 0 aliphatic carbocycles. The molecular weight excluding hydrogens is 526 g/mol. The van der Waals surface area contributed by atoms with E-state index in [1.165, 1.54) is 36.2 Å². The van der Waals surface area contributed by atoms with Crippen molar-refractivity contribution in [2.24, 2.45) is 0 Å². The topological polar surface area (TPSA) is 96.0 Å². The van der Waals surface area contributed by atoms with Gasteiger partial charge in [0.05, 0.1) is 17.7 Å². The zero-order valence-corrected chi connectivity index (χ0v) is 23.4. The van der Waals surface area contributed by atoms with Crippen LogP contribution in [0.1, 0.15) is 24.5 Å². The standard InChI is InChI=1S/C28H32ClN3O5S/c1-5-25(28(34)30-3)31(18-21-10-8-11-23(17-21)37-4)27(33)19-32(26-12-7-6-9-20(26)2)38(35,36)24-15-13-22(29)14-16-24/h6-17,25H,5,18-19H2,1-4H3,(H,30,34)/t25-/m1/s1. The molecule has 10 heteroatoms. The first-order chi connectivity index (χ1) is 18.1. The molecule has 202 valence electrons. The number of nitrogens with one attached hydrogen (secondary N) is 1. The SMILES string of the molecule is CC[C@H](C(=O)NC)N(Cc1cccc(OC)c1)C(=O)CN(c1ccccc1C)S(=O)(=O)c1ccc(Cl)cc1. The molecule has 0 bridgehead atoms. The van der Waals surface area contributed by atoms with Crippen LogP contribution in [0.3, 0.4) is 0 Å². The summed E-state index contributed by atoms with van der Waals surface area (Å²) in [4.78, 5) is 28.1. The number of methoxy groups -OCH3 is 1. The first kappa shape index (κ1) is 29.0. The van der Waals surface area contributed by atoms with E-state index in [-0.39, 0.29) is 17.3 Å². The van der Waals surface area contributed by atoms with Crippen LogP contribution in [0.25, 0.3) is 0 Å². The minimum Gasteiger partial charge on any atom is -0.497 e. The number of anilines is 1. The van der Waals surface area contributed by atoms with Gasteiger partial charge in [-0.3, -0.25) is 13.9 Å². The van der Waals surface area contributed by atoms with E-state index in [1.54, 1.807) is 63.4 Å². The predicted octanol–water partition coefficient (Wildman–Crippen LogP) is 4.41. The van der Waals surface area contributed by atoms with Crippen molar-refractivity contribution in [2.45, 2.75) is 37.8 Å². The zero-order chi connectivity index (χ0) is 27.9. The second-order valence-corrected chi connectivity index (χ2v) is 11.0. The number of nitrogens with zero attached hydrogens (tertiary/aromatic N) is 2. The molecule has 1 N–H and O–H groups in total. The summed E-state index contributed by atoms with van der Waals surface area (Å²) in [6.45, 7) is 3.16. The van der Waals surface area contributed by atoms with Crippen molar-refractivity contribution in [2.75, 3.05) is 25.0 Å². The van der Waals surface area contributed by atoms with E-state index in [1.807, 2.05) is 6.07 Å². The molecule has 0 aromatic heterocycles. The Kier molecular flexibility index (Phi) is 9.77. The van der Waals surface area contributed by atoms with E-state index in [9.17, 15) is 18.0 Å². The molecule has 0 fully saturated rings. The second kappa shape index (κ2) is 12.8. The smallest absolute Gasteiger partial charge is 0.264 e. The molecule has 1 atom stereocenters. The van der Waals surface area contributed by atoms with Crippen LogP contribution >= 0.6 is 11.6 Å². The summed E-state index contributed by atoms with van der Waals surface area (Å²) in [6, 6.07) is 19.1. The summed E-state index contributed by atoms with van der Waals surface area (Å²) >= 11 is 5.99. The van der Waals surface area contributed by atoms with Crippen LogP contribution in [0.4, 0.5) is 5.69 Å². The third kappa shape index (κ3) is 6.65. The third-order valence-electron chi connectivity index (χ3n) is 6.18. The van der Waals surface area contributed by atoms with Crippen LogP contribution in [0, 0.1) is 6.92 Å². The Balaban J connectivity index is 2.07. The number of hydrogen-bond donors (Lipinski definition) is 1. The van der Waals surface area contributed by atoms with Gasteiger partial charge < -0.3 is 15.0 Å². The Bertz CT molecular complexity index is 1380. The van der Waals surface area contributed by atoms with Gasteiger partial charge in [-0.2, -0.15) is 0 Å². The van der Waals surface area contributed by atoms with E-state index >= 15 is 0 Å². The number of aryl methyl sites for hydroxylation is 1. The van der Waals surface area contributed by atoms with E-state index in [4.69, 9.17) is 16.3 Å². The Hall–Kier alpha value is -3.56. The number of rotatable bonds is 11. The number of carbonyl (C=O) groups excluding carboxylic acids is 2. The number of para-hydroxylation sites is 1. The molecule has 0 radical (unpaired) electrons. The number of ether oxygens (including phenoxy) is 1. The van der Waals surface area contributed by atoms with Crippen molar-refractivity contribution < 1.29 is 22.7 Å². The first-order valence-corrected chi connectivity index (χ1v) is 13.9. The number of halogens is 1. The van der Waals surface area contributed by atoms with Gasteiger partial charge in [-0.1, -0.05) is 48.9 Å². The highest BCUT2D eigenvalue weighted by molar-refractivity contribution is 7.92. The Morgan fingerprint density at radius 1 is 1.03 bits per heavy atom. The van der Waals surface area contributed by atoms with Gasteiger partial charge in [0.25, 0.3) is 10.0 Å². The Labute approximate surface area is 229 Å². The summed E-state index contributed by atoms with van der Waals surface area (Å²) in [7, 11) is -1.11. The van der Waals surface area contributed by atoms with Crippen LogP contribution in [0.2, 0.25) is 5.02 Å². The van der Waals surface area contributed by atoms with Gasteiger partial charge in [0.2, 0.25) is 11.8 Å². The minimum absolute atomic E-state index is 0.00404. The molecule has 3 rings (SSSR count). The highest BCUT2D eigenvalue weighted by atomic mass is 35.5. The lowest BCUT2D eigenvalue weighted by atomic mass is 10.1. The van der Waals surface area contributed by atoms with Gasteiger partial charge in [0.15, 0.2) is 0 Å². The van der Waals surface area contributed by atoms with Crippen LogP contribution in [0.5, 0.6) is 5.75 Å². The van der Waals surface area contributed by atoms with Gasteiger partial charge in [0, 0.05) is 18.6 Å². The van der Waals surface area contributed by atoms with Gasteiger partial charge in [-0.15, -0.1) is 0 Å². The lowest BCUT2D eigenvalue weighted by molar-refractivity contribution is -0.140. The molecule has 0 unspecified atom stereocenters. The van der Waals surface area contributed by atoms with Crippen molar-refractivity contribution in [3.63, 3.8) is 0 Å². The highest BCUT2D eigenvalue weighted by Crippen LogP contribution is 2.28. The Morgan fingerprint density at radius 3 is 2.32 bits per heavy atom. The zero-order valence-electron chi connectivity index (χ0n) is 21.8. The molecule has 2 amide bonds. The van der Waals surface area contributed by atoms with Crippen molar-refractivity contribution >= 4 is 39.1 Å². The van der Waals surface area contributed by atoms with Crippen molar-refractivity contribution in [3.8, 4) is 5.75 Å². The van der Waals surface area contributed by atoms with Gasteiger partial charge in [0.1, 0.15) is 18.3 Å². The molecule has 0 aliphatic rings. The fourth-order valence-corrected chi connectivity index (χ4v) is 5.75. The molecular formula is C28H32ClN3O5S. The average molecular weight is 558 g/mol. The van der Waals surface area contributed by atoms with E-state index in [0.717, 1.165) is 9.87 Å². The number of sulfonamides is 1. The lowest BCUT2D eigenvalue weighted by Gasteiger charge is -2.33. The van der Waals surface area contributed by atoms with E-state index in [0.29, 0.717) is 28.4 Å². The number of amides is 2. The summed E-state index contributed by atoms with van der Waals surface area (Å²) in [5.41, 5.74) is 1.78. The molecule has 0 aliphatic heterocycles. The summed E-state index contributed by atoms with van der Waals surface area (Å²) < 4.78 is 34.1. The fourth-order valence-electron chi connectivity index (χ4n) is 4.14. The second-order valence-electron chi connectivity index (χ2n) is 8.66. The number of hydrogen-bond acceptors (Lipinski definition) is 5. The maximum atomic E-state index is 13.9. The van der Waals surface area contributed by atoms with Gasteiger partial charge >= 0.3 is 0 Å². The van der Waals surface area contributed by atoms with Gasteiger partial charge in [-0.25, -0.2) is 8.42 Å². The summed E-state index contributed by atoms with van der Waals surface area (Å²) in [6.07, 6.45) is 0.337. The Morgan fingerprint density at radius 2 is 1.71 bits per heavy atom. The van der Waals surface area contributed by atoms with Crippen LogP contribution in [-0.2, 0) is 26.2 Å². The largest absolute Gasteiger partial charge is 0.497 e. The van der Waals surface area contributed by atoms with E-state index in [2.05, 4.69) is 5.32 Å². The molecule has 3 aromatic carbocycles. The molecule has 38 heavy (non-hydrogen) atoms. The maximum absolute atomic E-state index is 13.9. The summed E-state index contributed by atoms with van der Waals surface area (Å²) in [5, 5.41) is 3.01. The monoisotopic (exact) mass is 557 g/mol. The van der Waals surface area contributed by atoms with Crippen LogP contribution in [0.15, 0.2) is 77.7 Å². The summed E-state index contributed by atoms with van der Waals surface area (Å²) in [5.74, 6) is -0.259. The van der Waals surface area contributed by atoms with Crippen LogP contribution in [-0.4, -0.2) is 51.9 Å². The number of likely N-dealkylation sites (N-methyl/N-ethyl adjacent to an activating group) is 1. The van der Waals surface area contributed by atoms with Crippen molar-refractivity contribution in [3.05, 3.63) is 88.9 Å². The molecule has 0 saturated carbocycles. The quantitative estimate of drug-likeness (QED) is 0.377. The minimum atomic E-state index is -4.16. The molecule has 0 heterocycles. The van der Waals surface area contributed by atoms with Crippen LogP contribution < -0.4 is 14.4 Å². The molecule has 3 aromatic rings. The highest BCUT2D eigenvalue weighted by Gasteiger charge is 2.33. The molecule has 0 spiro atoms. The van der Waals surface area contributed by atoms with Crippen molar-refractivity contribution in [1.82, 2.24) is 10.2 Å². The molecule has 0 saturated heterocycles. The lowest BCUT2D eigenvalue weighted by Crippen LogP contribution is -2.51. The van der Waals surface area contributed by atoms with Crippen molar-refractivity contribution in [1.29, 1.82) is 0 Å². The van der Waals surface area contributed by atoms with Gasteiger partial charge in [-0.05, 0) is 66.9 Å². The van der Waals surface area contributed by atoms with E-state index < -0.39 is 28.5 Å². The average Bonchev–Trinajstić information content (AvgIpc) is 2.92. The third-order valence-corrected chi connectivity index (χ3v) is 8.21. The normalized spacial score (nSPS) is 11.9. The predicted molar refractivity (Wildman–Crippen MR) is 149 cm³/mol. The maximum Gasteiger partial charge on any atom is 0.264 e.